The Kier molecular flexibility index (Phi) is 3.38. The van der Waals surface area contributed by atoms with E-state index >= 15 is 0 Å². The molecule has 1 rings (SSSR count). The molecule has 0 radical (unpaired) electrons. The van der Waals surface area contributed by atoms with E-state index in [0.717, 1.165) is 5.56 Å². The first-order valence-corrected chi connectivity index (χ1v) is 5.22. The molecule has 0 amide bonds. The summed E-state index contributed by atoms with van der Waals surface area (Å²) < 4.78 is 1.74. The molecule has 1 aromatic heterocycles. The van der Waals surface area contributed by atoms with Crippen molar-refractivity contribution in [2.24, 2.45) is 0 Å². The number of nitrogens with zero attached hydrogens (tertiary/aromatic N) is 2. The van der Waals surface area contributed by atoms with Gasteiger partial charge in [0.2, 0.25) is 0 Å². The van der Waals surface area contributed by atoms with Crippen LogP contribution in [-0.4, -0.2) is 32.1 Å². The van der Waals surface area contributed by atoms with Crippen LogP contribution in [0.25, 0.3) is 0 Å². The van der Waals surface area contributed by atoms with Crippen molar-refractivity contribution in [3.63, 3.8) is 0 Å². The number of aliphatic hydroxyl groups excluding tert-OH is 1. The van der Waals surface area contributed by atoms with Gasteiger partial charge in [0.15, 0.2) is 6.10 Å². The Morgan fingerprint density at radius 1 is 1.50 bits per heavy atom. The average Bonchev–Trinajstić information content (AvgIpc) is 2.65. The van der Waals surface area contributed by atoms with Crippen molar-refractivity contribution in [1.29, 1.82) is 0 Å². The van der Waals surface area contributed by atoms with Crippen LogP contribution in [0.3, 0.4) is 0 Å². The summed E-state index contributed by atoms with van der Waals surface area (Å²) in [7, 11) is 0. The molecular weight excluding hydrogens is 208 g/mol. The predicted octanol–water partition coefficient (Wildman–Crippen LogP) is 1.19. The first kappa shape index (κ1) is 12.7. The standard InChI is InChI=1S/C11H18N2O3/c1-7(2)13-6-8(5-12-13)11(3,4)9(14)10(15)16/h5-7,9,14H,1-4H3,(H,15,16). The maximum Gasteiger partial charge on any atom is 0.333 e. The third-order valence-electron chi connectivity index (χ3n) is 2.79. The molecular formula is C11H18N2O3. The van der Waals surface area contributed by atoms with E-state index in [9.17, 15) is 9.90 Å². The van der Waals surface area contributed by atoms with Gasteiger partial charge in [-0.05, 0) is 19.4 Å². The van der Waals surface area contributed by atoms with Crippen LogP contribution >= 0.6 is 0 Å². The molecule has 1 aromatic rings. The molecule has 0 spiro atoms. The van der Waals surface area contributed by atoms with Crippen LogP contribution in [-0.2, 0) is 10.2 Å². The monoisotopic (exact) mass is 226 g/mol. The first-order valence-electron chi connectivity index (χ1n) is 5.22. The second-order valence-electron chi connectivity index (χ2n) is 4.77. The highest BCUT2D eigenvalue weighted by atomic mass is 16.4. The van der Waals surface area contributed by atoms with Crippen molar-refractivity contribution in [1.82, 2.24) is 9.78 Å². The van der Waals surface area contributed by atoms with Crippen LogP contribution in [0.4, 0.5) is 0 Å². The zero-order valence-electron chi connectivity index (χ0n) is 10.0. The number of aliphatic carboxylic acids is 1. The van der Waals surface area contributed by atoms with Crippen molar-refractivity contribution in [3.8, 4) is 0 Å². The van der Waals surface area contributed by atoms with Gasteiger partial charge >= 0.3 is 5.97 Å². The van der Waals surface area contributed by atoms with E-state index in [-0.39, 0.29) is 6.04 Å². The van der Waals surface area contributed by atoms with Gasteiger partial charge < -0.3 is 10.2 Å². The lowest BCUT2D eigenvalue weighted by Crippen LogP contribution is -2.39. The minimum Gasteiger partial charge on any atom is -0.479 e. The molecule has 1 unspecified atom stereocenters. The lowest BCUT2D eigenvalue weighted by Gasteiger charge is -2.26. The quantitative estimate of drug-likeness (QED) is 0.808. The van der Waals surface area contributed by atoms with E-state index in [1.165, 1.54) is 0 Å². The Labute approximate surface area is 94.7 Å². The molecule has 5 heteroatoms. The van der Waals surface area contributed by atoms with E-state index in [1.807, 2.05) is 13.8 Å². The molecule has 2 N–H and O–H groups in total. The smallest absolute Gasteiger partial charge is 0.333 e. The maximum absolute atomic E-state index is 10.8. The molecule has 0 aliphatic carbocycles. The van der Waals surface area contributed by atoms with Gasteiger partial charge in [0.05, 0.1) is 6.20 Å². The van der Waals surface area contributed by atoms with Crippen LogP contribution in [0.2, 0.25) is 0 Å². The molecule has 1 heterocycles. The van der Waals surface area contributed by atoms with Crippen molar-refractivity contribution < 1.29 is 15.0 Å². The molecule has 1 atom stereocenters. The van der Waals surface area contributed by atoms with Crippen LogP contribution in [0.1, 0.15) is 39.3 Å². The van der Waals surface area contributed by atoms with Crippen LogP contribution < -0.4 is 0 Å². The number of aromatic nitrogens is 2. The summed E-state index contributed by atoms with van der Waals surface area (Å²) in [6.07, 6.45) is 1.94. The van der Waals surface area contributed by atoms with Gasteiger partial charge in [-0.15, -0.1) is 0 Å². The minimum atomic E-state index is -1.43. The molecule has 0 saturated carbocycles. The zero-order chi connectivity index (χ0) is 12.5. The fourth-order valence-electron chi connectivity index (χ4n) is 1.42. The van der Waals surface area contributed by atoms with Gasteiger partial charge in [-0.3, -0.25) is 4.68 Å². The fourth-order valence-corrected chi connectivity index (χ4v) is 1.42. The number of hydrogen-bond donors (Lipinski definition) is 2. The Morgan fingerprint density at radius 2 is 2.06 bits per heavy atom. The normalized spacial score (nSPS) is 14.1. The Balaban J connectivity index is 3.02. The van der Waals surface area contributed by atoms with E-state index < -0.39 is 17.5 Å². The van der Waals surface area contributed by atoms with Crippen LogP contribution in [0.15, 0.2) is 12.4 Å². The van der Waals surface area contributed by atoms with E-state index in [1.54, 1.807) is 30.9 Å². The third kappa shape index (κ3) is 2.24. The Morgan fingerprint density at radius 3 is 2.44 bits per heavy atom. The lowest BCUT2D eigenvalue weighted by atomic mass is 9.81. The van der Waals surface area contributed by atoms with Gasteiger partial charge in [-0.1, -0.05) is 13.8 Å². The molecule has 0 bridgehead atoms. The predicted molar refractivity (Wildman–Crippen MR) is 59.3 cm³/mol. The first-order chi connectivity index (χ1) is 7.26. The third-order valence-corrected chi connectivity index (χ3v) is 2.79. The Hall–Kier alpha value is -1.36. The fraction of sp³-hybridized carbons (Fsp3) is 0.636. The summed E-state index contributed by atoms with van der Waals surface area (Å²) in [6.45, 7) is 7.34. The molecule has 0 aliphatic heterocycles. The second kappa shape index (κ2) is 4.25. The summed E-state index contributed by atoms with van der Waals surface area (Å²) in [4.78, 5) is 10.8. The van der Waals surface area contributed by atoms with Gasteiger partial charge in [0.1, 0.15) is 0 Å². The highest BCUT2D eigenvalue weighted by Crippen LogP contribution is 2.27. The van der Waals surface area contributed by atoms with E-state index in [2.05, 4.69) is 5.10 Å². The zero-order valence-corrected chi connectivity index (χ0v) is 10.0. The Bertz CT molecular complexity index is 382. The highest BCUT2D eigenvalue weighted by molar-refractivity contribution is 5.74. The molecule has 0 aromatic carbocycles. The number of carboxylic acids is 1. The van der Waals surface area contributed by atoms with Crippen molar-refractivity contribution in [2.75, 3.05) is 0 Å². The summed E-state index contributed by atoms with van der Waals surface area (Å²) in [6, 6.07) is 0.214. The number of aliphatic hydroxyl groups is 1. The van der Waals surface area contributed by atoms with Crippen molar-refractivity contribution >= 4 is 5.97 Å². The van der Waals surface area contributed by atoms with E-state index in [0.29, 0.717) is 0 Å². The topological polar surface area (TPSA) is 75.4 Å². The SMILES string of the molecule is CC(C)n1cc(C(C)(C)C(O)C(=O)O)cn1. The number of carboxylic acid groups (broad SMARTS) is 1. The molecule has 0 aliphatic rings. The van der Waals surface area contributed by atoms with Gasteiger partial charge in [0, 0.05) is 17.7 Å². The van der Waals surface area contributed by atoms with Gasteiger partial charge in [-0.25, -0.2) is 4.79 Å². The van der Waals surface area contributed by atoms with Crippen molar-refractivity contribution in [2.45, 2.75) is 45.3 Å². The second-order valence-corrected chi connectivity index (χ2v) is 4.77. The highest BCUT2D eigenvalue weighted by Gasteiger charge is 2.36. The van der Waals surface area contributed by atoms with Crippen LogP contribution in [0, 0.1) is 0 Å². The largest absolute Gasteiger partial charge is 0.479 e. The molecule has 0 fully saturated rings. The molecule has 0 saturated heterocycles. The lowest BCUT2D eigenvalue weighted by molar-refractivity contribution is -0.150. The van der Waals surface area contributed by atoms with Crippen LogP contribution in [0.5, 0.6) is 0 Å². The number of rotatable bonds is 4. The maximum atomic E-state index is 10.8. The molecule has 5 nitrogen and oxygen atoms in total. The summed E-state index contributed by atoms with van der Waals surface area (Å²) >= 11 is 0. The molecule has 90 valence electrons. The minimum absolute atomic E-state index is 0.214. The van der Waals surface area contributed by atoms with E-state index in [4.69, 9.17) is 5.11 Å². The summed E-state index contributed by atoms with van der Waals surface area (Å²) in [5, 5.41) is 22.6. The molecule has 16 heavy (non-hydrogen) atoms. The number of carbonyl (C=O) groups is 1. The average molecular weight is 226 g/mol. The van der Waals surface area contributed by atoms with Crippen molar-refractivity contribution in [3.05, 3.63) is 18.0 Å². The summed E-state index contributed by atoms with van der Waals surface area (Å²) in [5.41, 5.74) is -0.130. The van der Waals surface area contributed by atoms with Gasteiger partial charge in [0.25, 0.3) is 0 Å². The number of hydrogen-bond acceptors (Lipinski definition) is 3. The summed E-state index contributed by atoms with van der Waals surface area (Å²) in [5.74, 6) is -1.22. The van der Waals surface area contributed by atoms with Gasteiger partial charge in [-0.2, -0.15) is 5.10 Å².